The molecule has 2 amide bonds. The van der Waals surface area contributed by atoms with Crippen LogP contribution in [0.25, 0.3) is 16.5 Å². The van der Waals surface area contributed by atoms with Crippen LogP contribution in [0.1, 0.15) is 50.1 Å². The predicted octanol–water partition coefficient (Wildman–Crippen LogP) is 4.85. The summed E-state index contributed by atoms with van der Waals surface area (Å²) in [5.74, 6) is 1.51. The fraction of sp³-hybridized carbons (Fsp3) is 0.520. The number of rotatable bonds is 3. The van der Waals surface area contributed by atoms with Gasteiger partial charge in [0.05, 0.1) is 7.11 Å². The highest BCUT2D eigenvalue weighted by Gasteiger charge is 2.27. The minimum atomic E-state index is -0.534. The Morgan fingerprint density at radius 3 is 2.19 bits per heavy atom. The standard InChI is InChI=1S/C25H34N2O5/c1-15(19-14-20-16(2)18(4)31-23(20)17(3)22(19)30-8)13-21(28)26-9-11-27(12-10-26)24(29)32-25(5,6)7/h13-14H,9-12H2,1-8H3/b15-13+. The highest BCUT2D eigenvalue weighted by atomic mass is 16.6. The van der Waals surface area contributed by atoms with Crippen LogP contribution in [0.3, 0.4) is 0 Å². The maximum atomic E-state index is 13.0. The summed E-state index contributed by atoms with van der Waals surface area (Å²) in [6.45, 7) is 15.3. The van der Waals surface area contributed by atoms with E-state index in [0.29, 0.717) is 31.9 Å². The van der Waals surface area contributed by atoms with E-state index in [4.69, 9.17) is 13.9 Å². The minimum Gasteiger partial charge on any atom is -0.496 e. The summed E-state index contributed by atoms with van der Waals surface area (Å²) < 4.78 is 17.0. The summed E-state index contributed by atoms with van der Waals surface area (Å²) in [7, 11) is 1.63. The van der Waals surface area contributed by atoms with Crippen LogP contribution < -0.4 is 4.74 Å². The van der Waals surface area contributed by atoms with Crippen LogP contribution in [0.15, 0.2) is 16.6 Å². The van der Waals surface area contributed by atoms with Gasteiger partial charge in [0.1, 0.15) is 22.7 Å². The quantitative estimate of drug-likeness (QED) is 0.636. The number of carbonyl (C=O) groups excluding carboxylic acids is 2. The molecule has 7 nitrogen and oxygen atoms in total. The monoisotopic (exact) mass is 442 g/mol. The number of nitrogens with zero attached hydrogens (tertiary/aromatic N) is 2. The Labute approximate surface area is 189 Å². The Kier molecular flexibility index (Phi) is 6.58. The number of fused-ring (bicyclic) bond motifs is 1. The summed E-state index contributed by atoms with van der Waals surface area (Å²) in [5.41, 5.74) is 3.99. The third-order valence-electron chi connectivity index (χ3n) is 5.86. The number of ether oxygens (including phenoxy) is 2. The molecule has 2 aromatic rings. The topological polar surface area (TPSA) is 72.2 Å². The molecule has 0 radical (unpaired) electrons. The fourth-order valence-corrected chi connectivity index (χ4v) is 3.96. The summed E-state index contributed by atoms with van der Waals surface area (Å²) in [6.07, 6.45) is 1.31. The average Bonchev–Trinajstić information content (AvgIpc) is 3.01. The van der Waals surface area contributed by atoms with E-state index in [9.17, 15) is 9.59 Å². The van der Waals surface area contributed by atoms with Gasteiger partial charge >= 0.3 is 6.09 Å². The van der Waals surface area contributed by atoms with Gasteiger partial charge in [0, 0.05) is 48.8 Å². The highest BCUT2D eigenvalue weighted by Crippen LogP contribution is 2.38. The molecule has 0 saturated carbocycles. The van der Waals surface area contributed by atoms with Gasteiger partial charge in [-0.15, -0.1) is 0 Å². The van der Waals surface area contributed by atoms with Gasteiger partial charge in [-0.3, -0.25) is 4.79 Å². The molecule has 32 heavy (non-hydrogen) atoms. The van der Waals surface area contributed by atoms with E-state index < -0.39 is 5.60 Å². The molecule has 1 aliphatic rings. The third-order valence-corrected chi connectivity index (χ3v) is 5.86. The van der Waals surface area contributed by atoms with Crippen LogP contribution in [0.4, 0.5) is 4.79 Å². The number of carbonyl (C=O) groups is 2. The number of hydrogen-bond acceptors (Lipinski definition) is 5. The van der Waals surface area contributed by atoms with Crippen LogP contribution in [0, 0.1) is 20.8 Å². The van der Waals surface area contributed by atoms with Crippen LogP contribution in [-0.4, -0.2) is 60.7 Å². The molecule has 2 heterocycles. The van der Waals surface area contributed by atoms with Crippen molar-refractivity contribution in [3.05, 3.63) is 34.6 Å². The lowest BCUT2D eigenvalue weighted by Gasteiger charge is -2.35. The Morgan fingerprint density at radius 2 is 1.62 bits per heavy atom. The number of aryl methyl sites for hydroxylation is 3. The number of furan rings is 1. The van der Waals surface area contributed by atoms with Crippen molar-refractivity contribution >= 4 is 28.5 Å². The molecular formula is C25H34N2O5. The summed E-state index contributed by atoms with van der Waals surface area (Å²) in [4.78, 5) is 28.6. The molecule has 0 atom stereocenters. The van der Waals surface area contributed by atoms with Gasteiger partial charge < -0.3 is 23.7 Å². The van der Waals surface area contributed by atoms with E-state index in [0.717, 1.165) is 39.0 Å². The lowest BCUT2D eigenvalue weighted by Crippen LogP contribution is -2.51. The van der Waals surface area contributed by atoms with Gasteiger partial charge in [0.25, 0.3) is 0 Å². The molecule has 1 fully saturated rings. The Bertz CT molecular complexity index is 1070. The van der Waals surface area contributed by atoms with Crippen molar-refractivity contribution in [2.24, 2.45) is 0 Å². The van der Waals surface area contributed by atoms with Gasteiger partial charge in [-0.05, 0) is 65.7 Å². The summed E-state index contributed by atoms with van der Waals surface area (Å²) >= 11 is 0. The molecule has 1 aliphatic heterocycles. The molecule has 1 saturated heterocycles. The number of methoxy groups -OCH3 is 1. The zero-order chi connectivity index (χ0) is 23.8. The van der Waals surface area contributed by atoms with Crippen LogP contribution >= 0.6 is 0 Å². The Morgan fingerprint density at radius 1 is 1.03 bits per heavy atom. The Hall–Kier alpha value is -2.96. The minimum absolute atomic E-state index is 0.0776. The highest BCUT2D eigenvalue weighted by molar-refractivity contribution is 5.98. The van der Waals surface area contributed by atoms with Crippen molar-refractivity contribution in [2.45, 2.75) is 54.1 Å². The maximum absolute atomic E-state index is 13.0. The van der Waals surface area contributed by atoms with Crippen LogP contribution in [0.2, 0.25) is 0 Å². The molecule has 174 valence electrons. The fourth-order valence-electron chi connectivity index (χ4n) is 3.96. The molecule has 3 rings (SSSR count). The molecule has 0 aliphatic carbocycles. The first-order valence-electron chi connectivity index (χ1n) is 11.0. The van der Waals surface area contributed by atoms with Gasteiger partial charge in [0.2, 0.25) is 5.91 Å². The maximum Gasteiger partial charge on any atom is 0.410 e. The average molecular weight is 443 g/mol. The SMILES string of the molecule is COc1c(/C(C)=C/C(=O)N2CCN(C(=O)OC(C)(C)C)CC2)cc2c(C)c(C)oc2c1C. The predicted molar refractivity (Wildman–Crippen MR) is 125 cm³/mol. The number of piperazine rings is 1. The van der Waals surface area contributed by atoms with E-state index in [1.165, 1.54) is 0 Å². The van der Waals surface area contributed by atoms with Gasteiger partial charge in [0.15, 0.2) is 0 Å². The lowest BCUT2D eigenvalue weighted by molar-refractivity contribution is -0.127. The van der Waals surface area contributed by atoms with Crippen molar-refractivity contribution in [1.29, 1.82) is 0 Å². The van der Waals surface area contributed by atoms with Crippen molar-refractivity contribution in [1.82, 2.24) is 9.80 Å². The van der Waals surface area contributed by atoms with Crippen molar-refractivity contribution in [3.63, 3.8) is 0 Å². The van der Waals surface area contributed by atoms with E-state index in [-0.39, 0.29) is 12.0 Å². The van der Waals surface area contributed by atoms with Gasteiger partial charge in [-0.1, -0.05) is 0 Å². The van der Waals surface area contributed by atoms with Crippen molar-refractivity contribution in [2.75, 3.05) is 33.3 Å². The first-order valence-corrected chi connectivity index (χ1v) is 11.0. The molecule has 0 N–H and O–H groups in total. The van der Waals surface area contributed by atoms with E-state index in [1.807, 2.05) is 54.5 Å². The molecule has 1 aromatic carbocycles. The number of benzene rings is 1. The molecule has 0 unspecified atom stereocenters. The first-order chi connectivity index (χ1) is 14.9. The molecule has 7 heteroatoms. The normalized spacial score (nSPS) is 15.3. The number of hydrogen-bond donors (Lipinski definition) is 0. The molecule has 0 spiro atoms. The zero-order valence-electron chi connectivity index (χ0n) is 20.4. The van der Waals surface area contributed by atoms with Crippen LogP contribution in [-0.2, 0) is 9.53 Å². The first kappa shape index (κ1) is 23.7. The smallest absolute Gasteiger partial charge is 0.410 e. The second kappa shape index (κ2) is 8.88. The molecule has 1 aromatic heterocycles. The van der Waals surface area contributed by atoms with E-state index >= 15 is 0 Å². The summed E-state index contributed by atoms with van der Waals surface area (Å²) in [5, 5.41) is 1.03. The van der Waals surface area contributed by atoms with E-state index in [2.05, 4.69) is 0 Å². The zero-order valence-corrected chi connectivity index (χ0v) is 20.4. The van der Waals surface area contributed by atoms with Crippen LogP contribution in [0.5, 0.6) is 5.75 Å². The largest absolute Gasteiger partial charge is 0.496 e. The number of amides is 2. The molecular weight excluding hydrogens is 408 g/mol. The second-order valence-corrected chi connectivity index (χ2v) is 9.36. The van der Waals surface area contributed by atoms with Crippen molar-refractivity contribution < 1.29 is 23.5 Å². The van der Waals surface area contributed by atoms with Crippen molar-refractivity contribution in [3.8, 4) is 5.75 Å². The summed E-state index contributed by atoms with van der Waals surface area (Å²) in [6, 6.07) is 2.03. The third kappa shape index (κ3) is 4.76. The van der Waals surface area contributed by atoms with E-state index in [1.54, 1.807) is 23.0 Å². The van der Waals surface area contributed by atoms with Gasteiger partial charge in [-0.2, -0.15) is 0 Å². The number of allylic oxidation sites excluding steroid dienone is 1. The molecule has 0 bridgehead atoms. The second-order valence-electron chi connectivity index (χ2n) is 9.36. The Balaban J connectivity index is 1.78. The van der Waals surface area contributed by atoms with Gasteiger partial charge in [-0.25, -0.2) is 4.79 Å². The lowest BCUT2D eigenvalue weighted by atomic mass is 9.98.